The van der Waals surface area contributed by atoms with Gasteiger partial charge < -0.3 is 5.11 Å². The Bertz CT molecular complexity index is 1290. The van der Waals surface area contributed by atoms with E-state index in [2.05, 4.69) is 26.0 Å². The molecule has 4 aromatic rings. The number of hydrogen-bond acceptors (Lipinski definition) is 4. The summed E-state index contributed by atoms with van der Waals surface area (Å²) in [5.74, 6) is -1.66. The second-order valence-electron chi connectivity index (χ2n) is 6.75. The zero-order valence-corrected chi connectivity index (χ0v) is 19.0. The third-order valence-corrected chi connectivity index (χ3v) is 6.80. The molecule has 0 amide bonds. The van der Waals surface area contributed by atoms with Crippen LogP contribution in [0.15, 0.2) is 57.3 Å². The second-order valence-corrected chi connectivity index (χ2v) is 8.94. The first-order valence-electron chi connectivity index (χ1n) is 8.88. The molecule has 1 aromatic carbocycles. The minimum Gasteiger partial charge on any atom is -0.477 e. The van der Waals surface area contributed by atoms with Gasteiger partial charge in [0.1, 0.15) is 15.3 Å². The summed E-state index contributed by atoms with van der Waals surface area (Å²) in [7, 11) is 0. The van der Waals surface area contributed by atoms with Gasteiger partial charge in [0.15, 0.2) is 5.82 Å². The Morgan fingerprint density at radius 2 is 2.07 bits per heavy atom. The molecule has 1 N–H and O–H groups in total. The van der Waals surface area contributed by atoms with Crippen LogP contribution in [0.4, 0.5) is 4.39 Å². The van der Waals surface area contributed by atoms with Crippen LogP contribution in [0.1, 0.15) is 30.4 Å². The maximum absolute atomic E-state index is 15.1. The van der Waals surface area contributed by atoms with Crippen LogP contribution in [-0.2, 0) is 0 Å². The summed E-state index contributed by atoms with van der Waals surface area (Å²) in [6, 6.07) is 8.12. The molecule has 0 unspecified atom stereocenters. The van der Waals surface area contributed by atoms with Gasteiger partial charge in [-0.25, -0.2) is 14.2 Å². The highest BCUT2D eigenvalue weighted by atomic mass is 79.9. The van der Waals surface area contributed by atoms with Gasteiger partial charge in [-0.2, -0.15) is 5.10 Å². The Morgan fingerprint density at radius 3 is 2.73 bits per heavy atom. The highest BCUT2D eigenvalue weighted by Gasteiger charge is 2.23. The Morgan fingerprint density at radius 1 is 1.30 bits per heavy atom. The Kier molecular flexibility index (Phi) is 5.61. The van der Waals surface area contributed by atoms with Crippen LogP contribution in [0.3, 0.4) is 0 Å². The van der Waals surface area contributed by atoms with Crippen molar-refractivity contribution in [2.45, 2.75) is 29.8 Å². The standard InChI is InChI=1S/C20H15BrClFN4O2S/c1-10(2)26-9-11(8-24-26)27-17-12(6-7-13(22)16(17)23)18(19(27)21)30-15-5-3-4-14(25-15)20(28)29/h3-10H,1-2H3,(H,28,29). The lowest BCUT2D eigenvalue weighted by atomic mass is 10.2. The lowest BCUT2D eigenvalue weighted by Gasteiger charge is -2.07. The van der Waals surface area contributed by atoms with Crippen molar-refractivity contribution in [3.8, 4) is 5.69 Å². The summed E-state index contributed by atoms with van der Waals surface area (Å²) < 4.78 is 19.2. The molecular formula is C20H15BrClFN4O2S. The van der Waals surface area contributed by atoms with Crippen molar-refractivity contribution in [3.05, 3.63) is 63.9 Å². The average Bonchev–Trinajstić information content (AvgIpc) is 3.29. The molecular weight excluding hydrogens is 495 g/mol. The summed E-state index contributed by atoms with van der Waals surface area (Å²) in [5.41, 5.74) is 0.905. The smallest absolute Gasteiger partial charge is 0.354 e. The Balaban J connectivity index is 1.93. The SMILES string of the molecule is CC(C)n1cc(-n2c(Br)c(Sc3cccc(C(=O)O)n3)c3ccc(Cl)c(F)c32)cn1. The van der Waals surface area contributed by atoms with Gasteiger partial charge in [-0.1, -0.05) is 29.4 Å². The van der Waals surface area contributed by atoms with E-state index in [1.54, 1.807) is 33.6 Å². The van der Waals surface area contributed by atoms with Crippen LogP contribution < -0.4 is 0 Å². The fourth-order valence-corrected chi connectivity index (χ4v) is 4.95. The number of halogens is 3. The highest BCUT2D eigenvalue weighted by molar-refractivity contribution is 9.10. The van der Waals surface area contributed by atoms with Crippen molar-refractivity contribution < 1.29 is 14.3 Å². The second kappa shape index (κ2) is 8.05. The molecule has 6 nitrogen and oxygen atoms in total. The third kappa shape index (κ3) is 3.61. The van der Waals surface area contributed by atoms with Crippen LogP contribution >= 0.6 is 39.3 Å². The summed E-state index contributed by atoms with van der Waals surface area (Å²) in [6.07, 6.45) is 3.48. The number of aromatic nitrogens is 4. The van der Waals surface area contributed by atoms with Gasteiger partial charge in [0.25, 0.3) is 0 Å². The molecule has 10 heteroatoms. The van der Waals surface area contributed by atoms with Gasteiger partial charge in [0.05, 0.1) is 27.3 Å². The first-order valence-corrected chi connectivity index (χ1v) is 10.9. The van der Waals surface area contributed by atoms with Gasteiger partial charge in [-0.05, 0) is 54.0 Å². The van der Waals surface area contributed by atoms with Crippen molar-refractivity contribution in [1.29, 1.82) is 0 Å². The Hall–Kier alpha value is -2.36. The summed E-state index contributed by atoms with van der Waals surface area (Å²) in [4.78, 5) is 16.1. The molecule has 0 atom stereocenters. The number of carboxylic acid groups (broad SMARTS) is 1. The van der Waals surface area contributed by atoms with Crippen molar-refractivity contribution in [1.82, 2.24) is 19.3 Å². The Labute approximate surface area is 188 Å². The molecule has 0 spiro atoms. The van der Waals surface area contributed by atoms with Gasteiger partial charge in [-0.15, -0.1) is 0 Å². The molecule has 0 radical (unpaired) electrons. The molecule has 0 aliphatic heterocycles. The van der Waals surface area contributed by atoms with E-state index >= 15 is 4.39 Å². The molecule has 0 bridgehead atoms. The van der Waals surface area contributed by atoms with Gasteiger partial charge in [-0.3, -0.25) is 9.25 Å². The van der Waals surface area contributed by atoms with Crippen LogP contribution in [-0.4, -0.2) is 30.4 Å². The number of hydrogen-bond donors (Lipinski definition) is 1. The molecule has 0 saturated heterocycles. The van der Waals surface area contributed by atoms with Crippen molar-refractivity contribution >= 4 is 56.2 Å². The predicted molar refractivity (Wildman–Crippen MR) is 117 cm³/mol. The lowest BCUT2D eigenvalue weighted by Crippen LogP contribution is -2.00. The summed E-state index contributed by atoms with van der Waals surface area (Å²) >= 11 is 10.9. The number of fused-ring (bicyclic) bond motifs is 1. The van der Waals surface area contributed by atoms with Gasteiger partial charge >= 0.3 is 5.97 Å². The van der Waals surface area contributed by atoms with Crippen molar-refractivity contribution in [2.75, 3.05) is 0 Å². The number of benzene rings is 1. The van der Waals surface area contributed by atoms with E-state index < -0.39 is 11.8 Å². The summed E-state index contributed by atoms with van der Waals surface area (Å²) in [5, 5.41) is 14.7. The third-order valence-electron chi connectivity index (χ3n) is 4.45. The molecule has 3 heterocycles. The van der Waals surface area contributed by atoms with E-state index in [-0.39, 0.29) is 16.8 Å². The maximum atomic E-state index is 15.1. The molecule has 154 valence electrons. The quantitative estimate of drug-likeness (QED) is 0.346. The average molecular weight is 510 g/mol. The number of pyridine rings is 1. The van der Waals surface area contributed by atoms with Crippen LogP contribution in [0.2, 0.25) is 5.02 Å². The number of nitrogens with zero attached hydrogens (tertiary/aromatic N) is 4. The molecule has 0 saturated carbocycles. The van der Waals surface area contributed by atoms with Gasteiger partial charge in [0, 0.05) is 17.6 Å². The zero-order chi connectivity index (χ0) is 21.6. The van der Waals surface area contributed by atoms with E-state index in [1.165, 1.54) is 23.9 Å². The van der Waals surface area contributed by atoms with Crippen molar-refractivity contribution in [2.24, 2.45) is 0 Å². The van der Waals surface area contributed by atoms with E-state index in [9.17, 15) is 9.90 Å². The molecule has 0 fully saturated rings. The van der Waals surface area contributed by atoms with Crippen LogP contribution in [0.25, 0.3) is 16.6 Å². The van der Waals surface area contributed by atoms with Crippen LogP contribution in [0.5, 0.6) is 0 Å². The minimum atomic E-state index is -1.11. The van der Waals surface area contributed by atoms with Gasteiger partial charge in [0.2, 0.25) is 0 Å². The number of rotatable bonds is 5. The molecule has 0 aliphatic carbocycles. The fourth-order valence-electron chi connectivity index (χ4n) is 3.01. The fraction of sp³-hybridized carbons (Fsp3) is 0.150. The first kappa shape index (κ1) is 20.9. The van der Waals surface area contributed by atoms with E-state index in [4.69, 9.17) is 11.6 Å². The maximum Gasteiger partial charge on any atom is 0.354 e. The minimum absolute atomic E-state index is 0.00699. The monoisotopic (exact) mass is 508 g/mol. The van der Waals surface area contributed by atoms with E-state index in [0.29, 0.717) is 31.1 Å². The predicted octanol–water partition coefficient (Wildman–Crippen LogP) is 6.21. The summed E-state index contributed by atoms with van der Waals surface area (Å²) in [6.45, 7) is 4.00. The normalized spacial score (nSPS) is 11.5. The first-order chi connectivity index (χ1) is 14.3. The number of aromatic carboxylic acids is 1. The highest BCUT2D eigenvalue weighted by Crippen LogP contribution is 2.44. The van der Waals surface area contributed by atoms with Crippen LogP contribution in [0, 0.1) is 5.82 Å². The largest absolute Gasteiger partial charge is 0.477 e. The number of carboxylic acids is 1. The number of carbonyl (C=O) groups is 1. The molecule has 30 heavy (non-hydrogen) atoms. The topological polar surface area (TPSA) is 72.9 Å². The van der Waals surface area contributed by atoms with E-state index in [1.807, 2.05) is 20.0 Å². The molecule has 0 aliphatic rings. The lowest BCUT2D eigenvalue weighted by molar-refractivity contribution is 0.0689. The van der Waals surface area contributed by atoms with Crippen molar-refractivity contribution in [3.63, 3.8) is 0 Å². The molecule has 4 rings (SSSR count). The molecule has 3 aromatic heterocycles. The van der Waals surface area contributed by atoms with E-state index in [0.717, 1.165) is 0 Å². The zero-order valence-electron chi connectivity index (χ0n) is 15.8.